The van der Waals surface area contributed by atoms with Gasteiger partial charge in [0.1, 0.15) is 5.82 Å². The molecule has 1 aliphatic rings. The molecule has 0 bridgehead atoms. The lowest BCUT2D eigenvalue weighted by Crippen LogP contribution is -2.43. The average Bonchev–Trinajstić information content (AvgIpc) is 3.30. The highest BCUT2D eigenvalue weighted by molar-refractivity contribution is 7.90. The maximum atomic E-state index is 14.6. The first-order valence-corrected chi connectivity index (χ1v) is 15.0. The number of amides is 1. The second-order valence-electron chi connectivity index (χ2n) is 10.4. The van der Waals surface area contributed by atoms with Gasteiger partial charge in [-0.3, -0.25) is 9.69 Å². The summed E-state index contributed by atoms with van der Waals surface area (Å²) < 4.78 is 48.9. The second-order valence-corrected chi connectivity index (χ2v) is 12.3. The lowest BCUT2D eigenvalue weighted by Gasteiger charge is -2.30. The van der Waals surface area contributed by atoms with E-state index in [2.05, 4.69) is 9.88 Å². The molecule has 0 saturated carbocycles. The number of nitrogens with zero attached hydrogens (tertiary/aromatic N) is 4. The Labute approximate surface area is 230 Å². The van der Waals surface area contributed by atoms with Crippen LogP contribution in [0.1, 0.15) is 41.0 Å². The molecular weight excluding hydrogens is 519 g/mol. The van der Waals surface area contributed by atoms with E-state index in [1.807, 2.05) is 45.0 Å². The summed E-state index contributed by atoms with van der Waals surface area (Å²) in [5.74, 6) is -1.06. The standard InChI is InChI=1S/C29H37FN4O4S/c1-22(2)19-34-25(18-31-29(34)39(36,37)21-24-9-5-4-8-23(24)3)20-33(13-12-32-14-16-38-17-15-32)28(35)26-10-6-7-11-27(26)30/h4-11,18,22H,12-17,19-21H2,1-3H3. The van der Waals surface area contributed by atoms with Crippen LogP contribution in [0.25, 0.3) is 0 Å². The van der Waals surface area contributed by atoms with Crippen LogP contribution in [0.4, 0.5) is 4.39 Å². The van der Waals surface area contributed by atoms with Gasteiger partial charge in [-0.2, -0.15) is 0 Å². The summed E-state index contributed by atoms with van der Waals surface area (Å²) in [4.78, 5) is 21.7. The molecule has 10 heteroatoms. The van der Waals surface area contributed by atoms with Gasteiger partial charge in [-0.1, -0.05) is 50.2 Å². The first kappa shape index (κ1) is 28.9. The number of carbonyl (C=O) groups excluding carboxylic acids is 1. The van der Waals surface area contributed by atoms with Gasteiger partial charge in [-0.05, 0) is 36.1 Å². The Kier molecular flexibility index (Phi) is 9.53. The van der Waals surface area contributed by atoms with E-state index in [1.54, 1.807) is 21.6 Å². The SMILES string of the molecule is Cc1ccccc1CS(=O)(=O)c1ncc(CN(CCN2CCOCC2)C(=O)c2ccccc2F)n1CC(C)C. The minimum atomic E-state index is -3.77. The van der Waals surface area contributed by atoms with Crippen molar-refractivity contribution < 1.29 is 22.3 Å². The van der Waals surface area contributed by atoms with Crippen molar-refractivity contribution in [3.63, 3.8) is 0 Å². The van der Waals surface area contributed by atoms with Crippen LogP contribution in [0, 0.1) is 18.7 Å². The number of rotatable bonds is 11. The van der Waals surface area contributed by atoms with Crippen LogP contribution in [0.5, 0.6) is 0 Å². The summed E-state index contributed by atoms with van der Waals surface area (Å²) in [6, 6.07) is 13.3. The molecule has 2 aromatic carbocycles. The van der Waals surface area contributed by atoms with Gasteiger partial charge in [0, 0.05) is 32.7 Å². The van der Waals surface area contributed by atoms with Gasteiger partial charge in [0.15, 0.2) is 0 Å². The topological polar surface area (TPSA) is 84.7 Å². The zero-order chi connectivity index (χ0) is 28.0. The number of sulfone groups is 1. The zero-order valence-corrected chi connectivity index (χ0v) is 23.7. The third-order valence-electron chi connectivity index (χ3n) is 6.87. The van der Waals surface area contributed by atoms with Crippen molar-refractivity contribution in [2.75, 3.05) is 39.4 Å². The fraction of sp³-hybridized carbons (Fsp3) is 0.448. The summed E-state index contributed by atoms with van der Waals surface area (Å²) >= 11 is 0. The molecule has 1 aliphatic heterocycles. The Balaban J connectivity index is 1.65. The number of halogens is 1. The maximum Gasteiger partial charge on any atom is 0.257 e. The maximum absolute atomic E-state index is 14.6. The molecule has 0 atom stereocenters. The number of aromatic nitrogens is 2. The van der Waals surface area contributed by atoms with Crippen LogP contribution >= 0.6 is 0 Å². The Morgan fingerprint density at radius 1 is 1.10 bits per heavy atom. The molecule has 8 nitrogen and oxygen atoms in total. The highest BCUT2D eigenvalue weighted by Gasteiger charge is 2.28. The van der Waals surface area contributed by atoms with Crippen LogP contribution in [-0.2, 0) is 33.4 Å². The molecule has 2 heterocycles. The summed E-state index contributed by atoms with van der Waals surface area (Å²) in [5.41, 5.74) is 2.20. The smallest absolute Gasteiger partial charge is 0.257 e. The first-order chi connectivity index (χ1) is 18.7. The second kappa shape index (κ2) is 12.8. The summed E-state index contributed by atoms with van der Waals surface area (Å²) in [5, 5.41) is -0.0130. The largest absolute Gasteiger partial charge is 0.379 e. The highest BCUT2D eigenvalue weighted by Crippen LogP contribution is 2.22. The number of morpholine rings is 1. The predicted octanol–water partition coefficient (Wildman–Crippen LogP) is 3.94. The summed E-state index contributed by atoms with van der Waals surface area (Å²) in [6.07, 6.45) is 1.53. The minimum Gasteiger partial charge on any atom is -0.379 e. The number of hydrogen-bond donors (Lipinski definition) is 0. The predicted molar refractivity (Wildman–Crippen MR) is 148 cm³/mol. The number of hydrogen-bond acceptors (Lipinski definition) is 6. The molecule has 0 aliphatic carbocycles. The van der Waals surface area contributed by atoms with Crippen LogP contribution < -0.4 is 0 Å². The molecule has 1 saturated heterocycles. The van der Waals surface area contributed by atoms with Gasteiger partial charge >= 0.3 is 0 Å². The molecule has 3 aromatic rings. The molecule has 210 valence electrons. The number of aryl methyl sites for hydroxylation is 1. The first-order valence-electron chi connectivity index (χ1n) is 13.3. The van der Waals surface area contributed by atoms with Crippen LogP contribution in [0.2, 0.25) is 0 Å². The number of carbonyl (C=O) groups is 1. The normalized spacial score (nSPS) is 14.6. The van der Waals surface area contributed by atoms with Gasteiger partial charge in [0.2, 0.25) is 15.0 Å². The minimum absolute atomic E-state index is 0.0122. The van der Waals surface area contributed by atoms with E-state index in [1.165, 1.54) is 18.3 Å². The van der Waals surface area contributed by atoms with Gasteiger partial charge in [0.05, 0.1) is 43.0 Å². The van der Waals surface area contributed by atoms with Crippen molar-refractivity contribution >= 4 is 15.7 Å². The fourth-order valence-corrected chi connectivity index (χ4v) is 6.31. The number of imidazole rings is 1. The molecule has 1 amide bonds. The zero-order valence-electron chi connectivity index (χ0n) is 22.8. The fourth-order valence-electron chi connectivity index (χ4n) is 4.71. The molecule has 1 aromatic heterocycles. The van der Waals surface area contributed by atoms with E-state index in [4.69, 9.17) is 4.74 Å². The van der Waals surface area contributed by atoms with E-state index in [0.717, 1.165) is 24.2 Å². The van der Waals surface area contributed by atoms with Gasteiger partial charge in [-0.25, -0.2) is 17.8 Å². The molecule has 0 spiro atoms. The Morgan fingerprint density at radius 3 is 2.49 bits per heavy atom. The molecule has 1 fully saturated rings. The van der Waals surface area contributed by atoms with E-state index in [-0.39, 0.29) is 28.9 Å². The third kappa shape index (κ3) is 7.32. The van der Waals surface area contributed by atoms with Crippen molar-refractivity contribution in [1.82, 2.24) is 19.4 Å². The van der Waals surface area contributed by atoms with Crippen molar-refractivity contribution in [2.45, 2.75) is 44.8 Å². The molecular formula is C29H37FN4O4S. The third-order valence-corrected chi connectivity index (χ3v) is 8.44. The van der Waals surface area contributed by atoms with Crippen LogP contribution in [-0.4, -0.2) is 73.1 Å². The Hall–Kier alpha value is -3.08. The van der Waals surface area contributed by atoms with E-state index >= 15 is 0 Å². The van der Waals surface area contributed by atoms with E-state index in [9.17, 15) is 17.6 Å². The van der Waals surface area contributed by atoms with Gasteiger partial charge in [0.25, 0.3) is 5.91 Å². The molecule has 0 unspecified atom stereocenters. The summed E-state index contributed by atoms with van der Waals surface area (Å²) in [6.45, 7) is 10.1. The molecule has 0 N–H and O–H groups in total. The monoisotopic (exact) mass is 556 g/mol. The van der Waals surface area contributed by atoms with Crippen molar-refractivity contribution in [3.8, 4) is 0 Å². The van der Waals surface area contributed by atoms with Crippen LogP contribution in [0.15, 0.2) is 59.9 Å². The van der Waals surface area contributed by atoms with Gasteiger partial charge in [-0.15, -0.1) is 0 Å². The highest BCUT2D eigenvalue weighted by atomic mass is 32.2. The van der Waals surface area contributed by atoms with Gasteiger partial charge < -0.3 is 14.2 Å². The molecule has 39 heavy (non-hydrogen) atoms. The molecule has 4 rings (SSSR count). The van der Waals surface area contributed by atoms with E-state index in [0.29, 0.717) is 38.5 Å². The quantitative estimate of drug-likeness (QED) is 0.356. The van der Waals surface area contributed by atoms with Crippen LogP contribution in [0.3, 0.4) is 0 Å². The van der Waals surface area contributed by atoms with Crippen molar-refractivity contribution in [3.05, 3.63) is 82.9 Å². The van der Waals surface area contributed by atoms with E-state index < -0.39 is 21.6 Å². The van der Waals surface area contributed by atoms with Crippen molar-refractivity contribution in [1.29, 1.82) is 0 Å². The Bertz CT molecular complexity index is 1380. The lowest BCUT2D eigenvalue weighted by atomic mass is 10.1. The molecule has 0 radical (unpaired) electrons. The summed E-state index contributed by atoms with van der Waals surface area (Å²) in [7, 11) is -3.77. The van der Waals surface area contributed by atoms with Crippen molar-refractivity contribution in [2.24, 2.45) is 5.92 Å². The number of benzene rings is 2. The number of ether oxygens (including phenoxy) is 1. The Morgan fingerprint density at radius 2 is 1.79 bits per heavy atom. The average molecular weight is 557 g/mol. The lowest BCUT2D eigenvalue weighted by molar-refractivity contribution is 0.0318.